The Morgan fingerprint density at radius 3 is 2.00 bits per heavy atom. The van der Waals surface area contributed by atoms with Crippen LogP contribution < -0.4 is 0 Å². The minimum Gasteiger partial charge on any atom is -0.309 e. The Kier molecular flexibility index (Phi) is 6.22. The maximum atomic E-state index is 5.27. The minimum atomic E-state index is -0.166. The molecule has 0 atom stereocenters. The highest BCUT2D eigenvalue weighted by atomic mass is 15.0. The summed E-state index contributed by atoms with van der Waals surface area (Å²) >= 11 is 0. The third kappa shape index (κ3) is 4.30. The molecule has 2 aromatic heterocycles. The molecule has 236 valence electrons. The zero-order valence-electron chi connectivity index (χ0n) is 27.9. The summed E-state index contributed by atoms with van der Waals surface area (Å²) in [5, 5.41) is 4.98. The molecule has 3 heteroatoms. The van der Waals surface area contributed by atoms with Crippen molar-refractivity contribution in [1.82, 2.24) is 14.5 Å². The number of fused-ring (bicyclic) bond motifs is 7. The summed E-state index contributed by atoms with van der Waals surface area (Å²) < 4.78 is 2.39. The first kappa shape index (κ1) is 28.7. The van der Waals surface area contributed by atoms with Crippen LogP contribution in [0, 0.1) is 0 Å². The summed E-state index contributed by atoms with van der Waals surface area (Å²) in [6.07, 6.45) is 0. The molecule has 1 aliphatic rings. The van der Waals surface area contributed by atoms with Gasteiger partial charge in [0, 0.05) is 38.6 Å². The van der Waals surface area contributed by atoms with E-state index in [0.717, 1.165) is 39.6 Å². The number of hydrogen-bond acceptors (Lipinski definition) is 2. The van der Waals surface area contributed by atoms with Gasteiger partial charge in [-0.05, 0) is 69.4 Å². The van der Waals surface area contributed by atoms with Gasteiger partial charge in [0.2, 0.25) is 0 Å². The first-order valence-corrected chi connectivity index (χ1v) is 17.3. The lowest BCUT2D eigenvalue weighted by molar-refractivity contribution is 0.662. The highest BCUT2D eigenvalue weighted by Crippen LogP contribution is 2.52. The Labute approximate surface area is 291 Å². The molecule has 0 fully saturated rings. The monoisotopic (exact) mass is 639 g/mol. The van der Waals surface area contributed by atoms with Gasteiger partial charge in [-0.15, -0.1) is 0 Å². The number of benzene rings is 7. The predicted octanol–water partition coefficient (Wildman–Crippen LogP) is 12.0. The average molecular weight is 640 g/mol. The van der Waals surface area contributed by atoms with Crippen LogP contribution >= 0.6 is 0 Å². The van der Waals surface area contributed by atoms with E-state index in [1.54, 1.807) is 0 Å². The summed E-state index contributed by atoms with van der Waals surface area (Å²) in [4.78, 5) is 10.5. The molecule has 7 aromatic carbocycles. The van der Waals surface area contributed by atoms with Crippen molar-refractivity contribution in [2.24, 2.45) is 0 Å². The molecule has 0 unspecified atom stereocenters. The molecule has 10 rings (SSSR count). The van der Waals surface area contributed by atoms with Crippen molar-refractivity contribution in [2.45, 2.75) is 19.3 Å². The Morgan fingerprint density at radius 1 is 0.460 bits per heavy atom. The summed E-state index contributed by atoms with van der Waals surface area (Å²) in [5.74, 6) is 0.720. The first-order valence-electron chi connectivity index (χ1n) is 17.3. The van der Waals surface area contributed by atoms with Gasteiger partial charge in [0.25, 0.3) is 0 Å². The van der Waals surface area contributed by atoms with E-state index in [-0.39, 0.29) is 5.41 Å². The normalized spacial score (nSPS) is 13.2. The molecule has 0 aliphatic heterocycles. The van der Waals surface area contributed by atoms with Gasteiger partial charge < -0.3 is 4.57 Å². The van der Waals surface area contributed by atoms with Crippen molar-refractivity contribution in [3.8, 4) is 50.7 Å². The third-order valence-electron chi connectivity index (χ3n) is 10.6. The minimum absolute atomic E-state index is 0.166. The van der Waals surface area contributed by atoms with Crippen molar-refractivity contribution in [3.05, 3.63) is 175 Å². The molecule has 0 saturated carbocycles. The summed E-state index contributed by atoms with van der Waals surface area (Å²) in [7, 11) is 0. The van der Waals surface area contributed by atoms with E-state index in [1.807, 2.05) is 6.07 Å². The van der Waals surface area contributed by atoms with E-state index in [1.165, 1.54) is 54.8 Å². The molecule has 9 aromatic rings. The van der Waals surface area contributed by atoms with Crippen molar-refractivity contribution in [1.29, 1.82) is 0 Å². The molecule has 0 N–H and O–H groups in total. The number of rotatable bonds is 4. The van der Waals surface area contributed by atoms with Gasteiger partial charge in [0.05, 0.1) is 22.4 Å². The Balaban J connectivity index is 1.19. The number of aromatic nitrogens is 3. The van der Waals surface area contributed by atoms with Crippen LogP contribution in [0.15, 0.2) is 164 Å². The maximum Gasteiger partial charge on any atom is 0.160 e. The number of hydrogen-bond donors (Lipinski definition) is 0. The molecular weight excluding hydrogens is 607 g/mol. The number of para-hydroxylation sites is 1. The van der Waals surface area contributed by atoms with Crippen molar-refractivity contribution >= 4 is 32.6 Å². The van der Waals surface area contributed by atoms with Crippen molar-refractivity contribution in [3.63, 3.8) is 0 Å². The standard InChI is InChI=1S/C47H33N3/c1-47(2)40-24-10-8-20-35(40)37-22-13-23-38(45(37)47)42-29-41(48-46(49-42)30-14-4-3-5-15-30)33-18-12-19-34(26-33)50-43-25-11-9-21-36(43)39-27-31-16-6-7-17-32(31)28-44(39)50/h3-29H,1-2H3. The van der Waals surface area contributed by atoms with Crippen molar-refractivity contribution < 1.29 is 0 Å². The SMILES string of the molecule is CC1(C)c2ccccc2-c2cccc(-c3cc(-c4cccc(-n5c6ccccc6c6cc7ccccc7cc65)c4)nc(-c4ccccc4)n3)c21. The highest BCUT2D eigenvalue weighted by molar-refractivity contribution is 6.13. The van der Waals surface area contributed by atoms with E-state index in [2.05, 4.69) is 176 Å². The van der Waals surface area contributed by atoms with Crippen LogP contribution in [0.2, 0.25) is 0 Å². The van der Waals surface area contributed by atoms with Crippen LogP contribution in [-0.2, 0) is 5.41 Å². The van der Waals surface area contributed by atoms with E-state index in [0.29, 0.717) is 0 Å². The Hall–Kier alpha value is -6.32. The number of nitrogens with zero attached hydrogens (tertiary/aromatic N) is 3. The molecule has 3 nitrogen and oxygen atoms in total. The van der Waals surface area contributed by atoms with Gasteiger partial charge >= 0.3 is 0 Å². The van der Waals surface area contributed by atoms with Gasteiger partial charge in [0.15, 0.2) is 5.82 Å². The van der Waals surface area contributed by atoms with Crippen LogP contribution in [0.25, 0.3) is 83.3 Å². The van der Waals surface area contributed by atoms with Gasteiger partial charge in [-0.3, -0.25) is 0 Å². The molecular formula is C47H33N3. The van der Waals surface area contributed by atoms with E-state index in [9.17, 15) is 0 Å². The highest BCUT2D eigenvalue weighted by Gasteiger charge is 2.37. The largest absolute Gasteiger partial charge is 0.309 e. The lowest BCUT2D eigenvalue weighted by Gasteiger charge is -2.24. The smallest absolute Gasteiger partial charge is 0.160 e. The summed E-state index contributed by atoms with van der Waals surface area (Å²) in [6.45, 7) is 4.67. The fraction of sp³-hybridized carbons (Fsp3) is 0.0638. The van der Waals surface area contributed by atoms with Crippen LogP contribution in [0.4, 0.5) is 0 Å². The fourth-order valence-electron chi connectivity index (χ4n) is 8.25. The second-order valence-electron chi connectivity index (χ2n) is 13.8. The second-order valence-corrected chi connectivity index (χ2v) is 13.8. The van der Waals surface area contributed by atoms with Crippen LogP contribution in [0.3, 0.4) is 0 Å². The average Bonchev–Trinajstić information content (AvgIpc) is 3.62. The molecule has 0 amide bonds. The van der Waals surface area contributed by atoms with E-state index in [4.69, 9.17) is 9.97 Å². The van der Waals surface area contributed by atoms with E-state index >= 15 is 0 Å². The fourth-order valence-corrected chi connectivity index (χ4v) is 8.25. The molecule has 0 spiro atoms. The summed E-state index contributed by atoms with van der Waals surface area (Å²) in [5.41, 5.74) is 13.6. The topological polar surface area (TPSA) is 30.7 Å². The van der Waals surface area contributed by atoms with Crippen LogP contribution in [0.1, 0.15) is 25.0 Å². The zero-order valence-corrected chi connectivity index (χ0v) is 27.9. The quantitative estimate of drug-likeness (QED) is 0.192. The predicted molar refractivity (Wildman–Crippen MR) is 208 cm³/mol. The molecule has 0 saturated heterocycles. The Bertz CT molecular complexity index is 2790. The van der Waals surface area contributed by atoms with Gasteiger partial charge in [-0.1, -0.05) is 141 Å². The first-order chi connectivity index (χ1) is 24.5. The van der Waals surface area contributed by atoms with Gasteiger partial charge in [-0.2, -0.15) is 0 Å². The molecule has 0 radical (unpaired) electrons. The third-order valence-corrected chi connectivity index (χ3v) is 10.6. The van der Waals surface area contributed by atoms with Gasteiger partial charge in [0.1, 0.15) is 0 Å². The van der Waals surface area contributed by atoms with Crippen LogP contribution in [-0.4, -0.2) is 14.5 Å². The molecule has 2 heterocycles. The Morgan fingerprint density at radius 2 is 1.12 bits per heavy atom. The van der Waals surface area contributed by atoms with Gasteiger partial charge in [-0.25, -0.2) is 9.97 Å². The molecule has 50 heavy (non-hydrogen) atoms. The van der Waals surface area contributed by atoms with E-state index < -0.39 is 0 Å². The molecule has 1 aliphatic carbocycles. The zero-order chi connectivity index (χ0) is 33.4. The lowest BCUT2D eigenvalue weighted by Crippen LogP contribution is -2.16. The van der Waals surface area contributed by atoms with Crippen LogP contribution in [0.5, 0.6) is 0 Å². The maximum absolute atomic E-state index is 5.27. The molecule has 0 bridgehead atoms. The summed E-state index contributed by atoms with van der Waals surface area (Å²) in [6, 6.07) is 58.7. The lowest BCUT2D eigenvalue weighted by atomic mass is 9.79. The second kappa shape index (κ2) is 10.8. The van der Waals surface area contributed by atoms with Crippen molar-refractivity contribution in [2.75, 3.05) is 0 Å².